The fourth-order valence-electron chi connectivity index (χ4n) is 2.40. The highest BCUT2D eigenvalue weighted by Crippen LogP contribution is 2.32. The summed E-state index contributed by atoms with van der Waals surface area (Å²) in [7, 11) is -3.39. The monoisotopic (exact) mass is 312 g/mol. The van der Waals surface area contributed by atoms with Gasteiger partial charge in [0.25, 0.3) is 0 Å². The standard InChI is InChI=1S/C14H20N2O2S2/c1-14(2)7-8-16(10-14)20(17,18)12-5-3-11(4-6-12)9-13(15)19/h3-6H,7-10H2,1-2H3,(H2,15,19). The van der Waals surface area contributed by atoms with Gasteiger partial charge in [-0.25, -0.2) is 8.42 Å². The van der Waals surface area contributed by atoms with Gasteiger partial charge in [-0.05, 0) is 29.5 Å². The molecule has 0 amide bonds. The van der Waals surface area contributed by atoms with Crippen LogP contribution in [0.25, 0.3) is 0 Å². The average molecular weight is 312 g/mol. The first-order valence-corrected chi connectivity index (χ1v) is 8.43. The molecule has 1 aliphatic rings. The third-order valence-corrected chi connectivity index (χ3v) is 5.59. The fraction of sp³-hybridized carbons (Fsp3) is 0.500. The summed E-state index contributed by atoms with van der Waals surface area (Å²) in [5.74, 6) is 0. The maximum absolute atomic E-state index is 12.5. The minimum atomic E-state index is -3.39. The van der Waals surface area contributed by atoms with Crippen molar-refractivity contribution in [3.63, 3.8) is 0 Å². The van der Waals surface area contributed by atoms with Gasteiger partial charge in [0, 0.05) is 19.5 Å². The molecule has 1 aromatic carbocycles. The minimum absolute atomic E-state index is 0.0543. The Morgan fingerprint density at radius 2 is 1.95 bits per heavy atom. The topological polar surface area (TPSA) is 63.4 Å². The zero-order chi connectivity index (χ0) is 15.0. The van der Waals surface area contributed by atoms with Gasteiger partial charge in [-0.2, -0.15) is 4.31 Å². The Kier molecular flexibility index (Phi) is 4.18. The van der Waals surface area contributed by atoms with Crippen LogP contribution in [0.4, 0.5) is 0 Å². The smallest absolute Gasteiger partial charge is 0.243 e. The van der Waals surface area contributed by atoms with Crippen LogP contribution in [0.5, 0.6) is 0 Å². The summed E-state index contributed by atoms with van der Waals surface area (Å²) in [6, 6.07) is 6.81. The lowest BCUT2D eigenvalue weighted by atomic mass is 9.93. The molecule has 0 spiro atoms. The first kappa shape index (κ1) is 15.4. The van der Waals surface area contributed by atoms with Crippen LogP contribution < -0.4 is 5.73 Å². The van der Waals surface area contributed by atoms with Crippen molar-refractivity contribution in [3.8, 4) is 0 Å². The van der Waals surface area contributed by atoms with E-state index >= 15 is 0 Å². The minimum Gasteiger partial charge on any atom is -0.393 e. The molecule has 0 aromatic heterocycles. The Bertz CT molecular complexity index is 607. The molecule has 1 fully saturated rings. The Morgan fingerprint density at radius 1 is 1.35 bits per heavy atom. The maximum atomic E-state index is 12.5. The van der Waals surface area contributed by atoms with Gasteiger partial charge >= 0.3 is 0 Å². The molecule has 110 valence electrons. The summed E-state index contributed by atoms with van der Waals surface area (Å²) in [5, 5.41) is 0. The van der Waals surface area contributed by atoms with E-state index in [9.17, 15) is 8.42 Å². The first-order chi connectivity index (χ1) is 9.21. The van der Waals surface area contributed by atoms with Crippen LogP contribution in [-0.2, 0) is 16.4 Å². The van der Waals surface area contributed by atoms with Crippen LogP contribution in [0, 0.1) is 5.41 Å². The Labute approximate surface area is 126 Å². The number of hydrogen-bond donors (Lipinski definition) is 1. The number of thiocarbonyl (C=S) groups is 1. The predicted molar refractivity (Wildman–Crippen MR) is 84.1 cm³/mol. The van der Waals surface area contributed by atoms with Crippen LogP contribution >= 0.6 is 12.2 Å². The van der Waals surface area contributed by atoms with Crippen molar-refractivity contribution in [1.29, 1.82) is 0 Å². The van der Waals surface area contributed by atoms with E-state index in [0.717, 1.165) is 12.0 Å². The summed E-state index contributed by atoms with van der Waals surface area (Å²) >= 11 is 4.85. The largest absolute Gasteiger partial charge is 0.393 e. The Hall–Kier alpha value is -0.980. The van der Waals surface area contributed by atoms with Gasteiger partial charge in [0.1, 0.15) is 0 Å². The third-order valence-electron chi connectivity index (χ3n) is 3.58. The zero-order valence-electron chi connectivity index (χ0n) is 11.8. The summed E-state index contributed by atoms with van der Waals surface area (Å²) in [6.45, 7) is 5.34. The molecule has 1 aliphatic heterocycles. The highest BCUT2D eigenvalue weighted by atomic mass is 32.2. The van der Waals surface area contributed by atoms with Gasteiger partial charge in [0.05, 0.1) is 9.88 Å². The van der Waals surface area contributed by atoms with Gasteiger partial charge in [0.2, 0.25) is 10.0 Å². The second kappa shape index (κ2) is 5.42. The van der Waals surface area contributed by atoms with Crippen LogP contribution in [-0.4, -0.2) is 30.8 Å². The van der Waals surface area contributed by atoms with Crippen molar-refractivity contribution >= 4 is 27.2 Å². The molecule has 2 N–H and O–H groups in total. The Morgan fingerprint density at radius 3 is 2.40 bits per heavy atom. The van der Waals surface area contributed by atoms with E-state index in [1.807, 2.05) is 0 Å². The molecule has 0 radical (unpaired) electrons. The molecule has 0 bridgehead atoms. The normalized spacial score (nSPS) is 19.1. The number of rotatable bonds is 4. The molecule has 6 heteroatoms. The highest BCUT2D eigenvalue weighted by molar-refractivity contribution is 7.89. The molecule has 4 nitrogen and oxygen atoms in total. The van der Waals surface area contributed by atoms with Gasteiger partial charge in [-0.1, -0.05) is 38.2 Å². The van der Waals surface area contributed by atoms with Crippen molar-refractivity contribution in [2.24, 2.45) is 11.1 Å². The summed E-state index contributed by atoms with van der Waals surface area (Å²) in [4.78, 5) is 0.740. The molecule has 0 atom stereocenters. The lowest BCUT2D eigenvalue weighted by Gasteiger charge is -2.19. The van der Waals surface area contributed by atoms with Gasteiger partial charge in [-0.15, -0.1) is 0 Å². The van der Waals surface area contributed by atoms with Crippen LogP contribution in [0.15, 0.2) is 29.2 Å². The van der Waals surface area contributed by atoms with Gasteiger partial charge < -0.3 is 5.73 Å². The van der Waals surface area contributed by atoms with Crippen LogP contribution in [0.1, 0.15) is 25.8 Å². The van der Waals surface area contributed by atoms with Crippen molar-refractivity contribution in [1.82, 2.24) is 4.31 Å². The molecule has 0 aliphatic carbocycles. The first-order valence-electron chi connectivity index (χ1n) is 6.58. The number of hydrogen-bond acceptors (Lipinski definition) is 3. The number of benzene rings is 1. The van der Waals surface area contributed by atoms with Crippen molar-refractivity contribution in [2.45, 2.75) is 31.6 Å². The van der Waals surface area contributed by atoms with E-state index in [-0.39, 0.29) is 5.41 Å². The van der Waals surface area contributed by atoms with E-state index in [1.165, 1.54) is 0 Å². The highest BCUT2D eigenvalue weighted by Gasteiger charge is 2.36. The molecule has 0 saturated carbocycles. The second-order valence-corrected chi connectivity index (χ2v) is 8.50. The molecule has 1 aromatic rings. The van der Waals surface area contributed by atoms with E-state index in [1.54, 1.807) is 28.6 Å². The number of nitrogens with zero attached hydrogens (tertiary/aromatic N) is 1. The lowest BCUT2D eigenvalue weighted by Crippen LogP contribution is -2.30. The van der Waals surface area contributed by atoms with E-state index in [0.29, 0.717) is 29.4 Å². The lowest BCUT2D eigenvalue weighted by molar-refractivity contribution is 0.375. The van der Waals surface area contributed by atoms with E-state index in [2.05, 4.69) is 13.8 Å². The van der Waals surface area contributed by atoms with Gasteiger partial charge in [0.15, 0.2) is 0 Å². The second-order valence-electron chi connectivity index (χ2n) is 6.04. The summed E-state index contributed by atoms with van der Waals surface area (Å²) in [5.41, 5.74) is 6.47. The molecule has 2 rings (SSSR count). The molecular formula is C14H20N2O2S2. The molecule has 1 saturated heterocycles. The predicted octanol–water partition coefficient (Wildman–Crippen LogP) is 1.94. The number of nitrogens with two attached hydrogens (primary N) is 1. The van der Waals surface area contributed by atoms with Crippen LogP contribution in [0.2, 0.25) is 0 Å². The van der Waals surface area contributed by atoms with Crippen molar-refractivity contribution in [2.75, 3.05) is 13.1 Å². The maximum Gasteiger partial charge on any atom is 0.243 e. The molecule has 1 heterocycles. The average Bonchev–Trinajstić information content (AvgIpc) is 2.70. The van der Waals surface area contributed by atoms with Gasteiger partial charge in [-0.3, -0.25) is 0 Å². The third kappa shape index (κ3) is 3.37. The molecule has 20 heavy (non-hydrogen) atoms. The summed E-state index contributed by atoms with van der Waals surface area (Å²) < 4.78 is 26.6. The van der Waals surface area contributed by atoms with E-state index in [4.69, 9.17) is 18.0 Å². The zero-order valence-corrected chi connectivity index (χ0v) is 13.4. The SMILES string of the molecule is CC1(C)CCN(S(=O)(=O)c2ccc(CC(N)=S)cc2)C1. The van der Waals surface area contributed by atoms with E-state index < -0.39 is 10.0 Å². The molecular weight excluding hydrogens is 292 g/mol. The van der Waals surface area contributed by atoms with Crippen molar-refractivity contribution < 1.29 is 8.42 Å². The quantitative estimate of drug-likeness (QED) is 0.863. The van der Waals surface area contributed by atoms with Crippen molar-refractivity contribution in [3.05, 3.63) is 29.8 Å². The fourth-order valence-corrected chi connectivity index (χ4v) is 4.19. The summed E-state index contributed by atoms with van der Waals surface area (Å²) in [6.07, 6.45) is 1.39. The van der Waals surface area contributed by atoms with Crippen LogP contribution in [0.3, 0.4) is 0 Å². The Balaban J connectivity index is 2.20. The number of sulfonamides is 1. The molecule has 0 unspecified atom stereocenters.